The van der Waals surface area contributed by atoms with Gasteiger partial charge in [0.2, 0.25) is 0 Å². The molecule has 2 aromatic heterocycles. The van der Waals surface area contributed by atoms with Gasteiger partial charge < -0.3 is 10.1 Å². The molecule has 0 bridgehead atoms. The van der Waals surface area contributed by atoms with Crippen LogP contribution in [0.15, 0.2) is 12.1 Å². The van der Waals surface area contributed by atoms with Crippen molar-refractivity contribution in [1.82, 2.24) is 14.9 Å². The molecule has 0 unspecified atom stereocenters. The number of aromatic nitrogens is 2. The molecule has 2 aliphatic rings. The maximum absolute atomic E-state index is 14.5. The van der Waals surface area contributed by atoms with E-state index in [-0.39, 0.29) is 24.9 Å². The summed E-state index contributed by atoms with van der Waals surface area (Å²) in [5.41, 5.74) is 2.86. The molecular weight excluding hydrogens is 407 g/mol. The lowest BCUT2D eigenvalue weighted by molar-refractivity contribution is -0.137. The highest BCUT2D eigenvalue weighted by Gasteiger charge is 2.42. The minimum Gasteiger partial charge on any atom is -0.374 e. The lowest BCUT2D eigenvalue weighted by Gasteiger charge is -2.34. The Bertz CT molecular complexity index is 1070. The monoisotopic (exact) mass is 426 g/mol. The fraction of sp³-hybridized carbons (Fsp3) is 0.429. The summed E-state index contributed by atoms with van der Waals surface area (Å²) in [6, 6.07) is 7.84. The first-order valence-electron chi connectivity index (χ1n) is 9.63. The minimum absolute atomic E-state index is 0.0512. The van der Waals surface area contributed by atoms with Crippen molar-refractivity contribution in [2.45, 2.75) is 32.1 Å². The van der Waals surface area contributed by atoms with E-state index < -0.39 is 5.67 Å². The van der Waals surface area contributed by atoms with Gasteiger partial charge in [-0.15, -0.1) is 0 Å². The molecule has 0 radical (unpaired) electrons. The zero-order chi connectivity index (χ0) is 21.3. The Morgan fingerprint density at radius 3 is 2.73 bits per heavy atom. The molecule has 4 heterocycles. The van der Waals surface area contributed by atoms with E-state index in [9.17, 15) is 9.65 Å². The average molecular weight is 427 g/mol. The molecule has 1 N–H and O–H groups in total. The van der Waals surface area contributed by atoms with Gasteiger partial charge >= 0.3 is 0 Å². The van der Waals surface area contributed by atoms with Crippen molar-refractivity contribution < 1.29 is 9.13 Å². The largest absolute Gasteiger partial charge is 0.374 e. The predicted molar refractivity (Wildman–Crippen MR) is 108 cm³/mol. The molecule has 1 fully saturated rings. The van der Waals surface area contributed by atoms with Crippen LogP contribution in [0.1, 0.15) is 33.6 Å². The van der Waals surface area contributed by atoms with Gasteiger partial charge in [-0.25, -0.2) is 9.37 Å². The lowest BCUT2D eigenvalue weighted by Crippen LogP contribution is -2.43. The topological polar surface area (TPSA) is 97.9 Å². The van der Waals surface area contributed by atoms with Crippen molar-refractivity contribution in [2.75, 3.05) is 31.6 Å². The molecule has 0 amide bonds. The Kier molecular flexibility index (Phi) is 5.57. The second-order valence-electron chi connectivity index (χ2n) is 7.57. The normalized spacial score (nSPS) is 17.4. The summed E-state index contributed by atoms with van der Waals surface area (Å²) in [6.07, 6.45) is 0.678. The minimum atomic E-state index is -1.48. The number of rotatable bonds is 5. The first kappa shape index (κ1) is 20.5. The quantitative estimate of drug-likeness (QED) is 0.579. The Morgan fingerprint density at radius 2 is 2.10 bits per heavy atom. The standard InChI is InChI=1S/C21H20ClFN6O/c1-13-14(2-3-18(27-13)21(23)11-30-12-21)9-29-7-4-15-17(10-29)16(8-25)19(22)28-20(15)26-6-5-24/h2-3H,4,6-7,9-12H2,1H3,(H,26,28). The van der Waals surface area contributed by atoms with Crippen LogP contribution in [-0.2, 0) is 29.9 Å². The Hall–Kier alpha value is -2.78. The maximum Gasteiger partial charge on any atom is 0.198 e. The van der Waals surface area contributed by atoms with Gasteiger partial charge in [-0.05, 0) is 30.5 Å². The molecule has 9 heteroatoms. The molecule has 0 spiro atoms. The van der Waals surface area contributed by atoms with Crippen molar-refractivity contribution >= 4 is 17.4 Å². The zero-order valence-corrected chi connectivity index (χ0v) is 17.3. The van der Waals surface area contributed by atoms with Gasteiger partial charge in [-0.3, -0.25) is 9.88 Å². The van der Waals surface area contributed by atoms with Gasteiger partial charge in [0.05, 0.1) is 30.5 Å². The van der Waals surface area contributed by atoms with Crippen LogP contribution in [0.5, 0.6) is 0 Å². The highest BCUT2D eigenvalue weighted by Crippen LogP contribution is 2.34. The molecule has 30 heavy (non-hydrogen) atoms. The van der Waals surface area contributed by atoms with E-state index in [0.29, 0.717) is 36.6 Å². The Labute approximate surface area is 179 Å². The molecular formula is C21H20ClFN6O. The van der Waals surface area contributed by atoms with Gasteiger partial charge in [-0.1, -0.05) is 17.7 Å². The predicted octanol–water partition coefficient (Wildman–Crippen LogP) is 3.00. The molecule has 1 saturated heterocycles. The zero-order valence-electron chi connectivity index (χ0n) is 16.5. The summed E-state index contributed by atoms with van der Waals surface area (Å²) >= 11 is 6.23. The number of anilines is 1. The Morgan fingerprint density at radius 1 is 1.30 bits per heavy atom. The number of aryl methyl sites for hydroxylation is 1. The maximum atomic E-state index is 14.5. The first-order chi connectivity index (χ1) is 14.4. The smallest absolute Gasteiger partial charge is 0.198 e. The summed E-state index contributed by atoms with van der Waals surface area (Å²) in [5, 5.41) is 21.5. The van der Waals surface area contributed by atoms with Crippen LogP contribution >= 0.6 is 11.6 Å². The van der Waals surface area contributed by atoms with Gasteiger partial charge in [0.15, 0.2) is 5.67 Å². The number of hydrogen-bond donors (Lipinski definition) is 1. The first-order valence-corrected chi connectivity index (χ1v) is 10.0. The van der Waals surface area contributed by atoms with Crippen molar-refractivity contribution in [2.24, 2.45) is 0 Å². The molecule has 0 aliphatic carbocycles. The highest BCUT2D eigenvalue weighted by molar-refractivity contribution is 6.30. The van der Waals surface area contributed by atoms with Crippen LogP contribution < -0.4 is 5.32 Å². The summed E-state index contributed by atoms with van der Waals surface area (Å²) in [5.74, 6) is 0.563. The number of ether oxygens (including phenoxy) is 1. The molecule has 2 aliphatic heterocycles. The molecule has 154 valence electrons. The molecule has 0 atom stereocenters. The van der Waals surface area contributed by atoms with E-state index in [1.807, 2.05) is 19.1 Å². The summed E-state index contributed by atoms with van der Waals surface area (Å²) in [6.45, 7) is 4.01. The number of nitriles is 2. The van der Waals surface area contributed by atoms with Crippen LogP contribution in [0, 0.1) is 29.6 Å². The van der Waals surface area contributed by atoms with E-state index in [4.69, 9.17) is 21.6 Å². The second-order valence-corrected chi connectivity index (χ2v) is 7.92. The fourth-order valence-corrected chi connectivity index (χ4v) is 4.09. The number of pyridine rings is 2. The van der Waals surface area contributed by atoms with Crippen LogP contribution in [0.25, 0.3) is 0 Å². The van der Waals surface area contributed by atoms with Gasteiger partial charge in [-0.2, -0.15) is 10.5 Å². The highest BCUT2D eigenvalue weighted by atomic mass is 35.5. The molecule has 7 nitrogen and oxygen atoms in total. The van der Waals surface area contributed by atoms with Gasteiger partial charge in [0.25, 0.3) is 0 Å². The van der Waals surface area contributed by atoms with E-state index in [1.54, 1.807) is 6.07 Å². The van der Waals surface area contributed by atoms with Crippen molar-refractivity contribution in [3.05, 3.63) is 50.9 Å². The number of nitrogens with one attached hydrogen (secondary N) is 1. The SMILES string of the molecule is Cc1nc(C2(F)COC2)ccc1CN1CCc2c(NCC#N)nc(Cl)c(C#N)c2C1. The lowest BCUT2D eigenvalue weighted by atomic mass is 9.95. The number of halogens is 2. The van der Waals surface area contributed by atoms with Gasteiger partial charge in [0.1, 0.15) is 23.6 Å². The Balaban J connectivity index is 1.57. The van der Waals surface area contributed by atoms with Crippen molar-refractivity contribution in [3.8, 4) is 12.1 Å². The van der Waals surface area contributed by atoms with Crippen molar-refractivity contribution in [1.29, 1.82) is 10.5 Å². The number of hydrogen-bond acceptors (Lipinski definition) is 7. The number of fused-ring (bicyclic) bond motifs is 1. The third-order valence-corrected chi connectivity index (χ3v) is 5.86. The van der Waals surface area contributed by atoms with Crippen LogP contribution in [0.4, 0.5) is 10.2 Å². The van der Waals surface area contributed by atoms with Gasteiger partial charge in [0, 0.05) is 30.9 Å². The number of nitrogens with zero attached hydrogens (tertiary/aromatic N) is 5. The molecule has 0 aromatic carbocycles. The van der Waals surface area contributed by atoms with E-state index in [0.717, 1.165) is 28.9 Å². The third-order valence-electron chi connectivity index (χ3n) is 5.58. The number of alkyl halides is 1. The molecule has 0 saturated carbocycles. The summed E-state index contributed by atoms with van der Waals surface area (Å²) in [7, 11) is 0. The van der Waals surface area contributed by atoms with Crippen LogP contribution in [0.3, 0.4) is 0 Å². The van der Waals surface area contributed by atoms with Crippen LogP contribution in [-0.4, -0.2) is 41.2 Å². The summed E-state index contributed by atoms with van der Waals surface area (Å²) < 4.78 is 19.5. The van der Waals surface area contributed by atoms with Crippen molar-refractivity contribution in [3.63, 3.8) is 0 Å². The average Bonchev–Trinajstić information content (AvgIpc) is 2.71. The van der Waals surface area contributed by atoms with Crippen LogP contribution in [0.2, 0.25) is 5.15 Å². The van der Waals surface area contributed by atoms with E-state index >= 15 is 0 Å². The molecule has 4 rings (SSSR count). The fourth-order valence-electron chi connectivity index (χ4n) is 3.85. The van der Waals surface area contributed by atoms with E-state index in [2.05, 4.69) is 26.3 Å². The molecule has 2 aromatic rings. The third kappa shape index (κ3) is 3.70. The second kappa shape index (κ2) is 8.16. The summed E-state index contributed by atoms with van der Waals surface area (Å²) in [4.78, 5) is 10.9. The van der Waals surface area contributed by atoms with E-state index in [1.165, 1.54) is 0 Å².